The fourth-order valence-corrected chi connectivity index (χ4v) is 2.87. The summed E-state index contributed by atoms with van der Waals surface area (Å²) in [5.41, 5.74) is 0.763. The lowest BCUT2D eigenvalue weighted by atomic mass is 10.1. The van der Waals surface area contributed by atoms with E-state index < -0.39 is 6.04 Å². The maximum absolute atomic E-state index is 12.9. The Hall–Kier alpha value is -2.24. The smallest absolute Gasteiger partial charge is 0.261 e. The number of rotatable bonds is 9. The molecular formula is C21H24Cl2N2O3. The van der Waals surface area contributed by atoms with E-state index in [0.717, 1.165) is 12.0 Å². The minimum Gasteiger partial charge on any atom is -0.484 e. The van der Waals surface area contributed by atoms with Crippen molar-refractivity contribution in [1.29, 1.82) is 0 Å². The molecule has 0 spiro atoms. The highest BCUT2D eigenvalue weighted by Gasteiger charge is 2.26. The molecule has 0 aliphatic heterocycles. The normalized spacial score (nSPS) is 11.6. The number of nitrogens with one attached hydrogen (secondary N) is 1. The van der Waals surface area contributed by atoms with Crippen LogP contribution in [0.5, 0.6) is 5.75 Å². The highest BCUT2D eigenvalue weighted by molar-refractivity contribution is 6.31. The van der Waals surface area contributed by atoms with E-state index in [1.165, 1.54) is 4.90 Å². The number of hydrogen-bond donors (Lipinski definition) is 1. The molecular weight excluding hydrogens is 399 g/mol. The molecule has 0 radical (unpaired) electrons. The van der Waals surface area contributed by atoms with Crippen LogP contribution in [0.2, 0.25) is 10.0 Å². The van der Waals surface area contributed by atoms with Crippen LogP contribution in [0.15, 0.2) is 48.5 Å². The Morgan fingerprint density at radius 1 is 1.11 bits per heavy atom. The van der Waals surface area contributed by atoms with Crippen molar-refractivity contribution in [2.45, 2.75) is 32.9 Å². The second kappa shape index (κ2) is 10.9. The molecule has 5 nitrogen and oxygen atoms in total. The van der Waals surface area contributed by atoms with Crippen LogP contribution in [0.25, 0.3) is 0 Å². The van der Waals surface area contributed by atoms with Crippen molar-refractivity contribution >= 4 is 35.0 Å². The van der Waals surface area contributed by atoms with Crippen molar-refractivity contribution in [2.75, 3.05) is 13.2 Å². The largest absolute Gasteiger partial charge is 0.484 e. The molecule has 7 heteroatoms. The third-order valence-corrected chi connectivity index (χ3v) is 4.81. The summed E-state index contributed by atoms with van der Waals surface area (Å²) in [6.07, 6.45) is 0.816. The molecule has 2 aromatic rings. The van der Waals surface area contributed by atoms with Gasteiger partial charge >= 0.3 is 0 Å². The standard InChI is InChI=1S/C21H24Cl2N2O3/c1-3-12-24-21(27)15(2)25(13-16-6-4-5-7-19(16)23)20(26)14-28-18-10-8-17(22)9-11-18/h4-11,15H,3,12-14H2,1-2H3,(H,24,27)/t15-/m1/s1. The van der Waals surface area contributed by atoms with Gasteiger partial charge in [-0.3, -0.25) is 9.59 Å². The van der Waals surface area contributed by atoms with Crippen LogP contribution in [-0.4, -0.2) is 35.9 Å². The maximum Gasteiger partial charge on any atom is 0.261 e. The maximum atomic E-state index is 12.9. The van der Waals surface area contributed by atoms with Gasteiger partial charge < -0.3 is 15.0 Å². The lowest BCUT2D eigenvalue weighted by molar-refractivity contribution is -0.142. The van der Waals surface area contributed by atoms with Gasteiger partial charge in [0, 0.05) is 23.1 Å². The first kappa shape index (κ1) is 22.1. The molecule has 2 aromatic carbocycles. The third kappa shape index (κ3) is 6.43. The molecule has 0 saturated heterocycles. The van der Waals surface area contributed by atoms with Crippen LogP contribution in [0.1, 0.15) is 25.8 Å². The summed E-state index contributed by atoms with van der Waals surface area (Å²) in [5.74, 6) is 0.00120. The molecule has 0 aliphatic carbocycles. The minimum atomic E-state index is -0.663. The van der Waals surface area contributed by atoms with Crippen LogP contribution < -0.4 is 10.1 Å². The molecule has 1 N–H and O–H groups in total. The average Bonchev–Trinajstić information content (AvgIpc) is 2.70. The lowest BCUT2D eigenvalue weighted by Crippen LogP contribution is -2.49. The molecule has 0 saturated carbocycles. The van der Waals surface area contributed by atoms with E-state index in [1.54, 1.807) is 37.3 Å². The summed E-state index contributed by atoms with van der Waals surface area (Å²) < 4.78 is 5.57. The summed E-state index contributed by atoms with van der Waals surface area (Å²) in [5, 5.41) is 3.95. The second-order valence-corrected chi connectivity index (χ2v) is 7.17. The number of ether oxygens (including phenoxy) is 1. The van der Waals surface area contributed by atoms with Gasteiger partial charge in [0.15, 0.2) is 6.61 Å². The van der Waals surface area contributed by atoms with E-state index in [4.69, 9.17) is 27.9 Å². The van der Waals surface area contributed by atoms with Gasteiger partial charge in [-0.15, -0.1) is 0 Å². The predicted molar refractivity (Wildman–Crippen MR) is 112 cm³/mol. The van der Waals surface area contributed by atoms with Gasteiger partial charge in [0.1, 0.15) is 11.8 Å². The van der Waals surface area contributed by atoms with Gasteiger partial charge in [-0.05, 0) is 49.2 Å². The van der Waals surface area contributed by atoms with E-state index in [9.17, 15) is 9.59 Å². The Balaban J connectivity index is 2.13. The van der Waals surface area contributed by atoms with E-state index >= 15 is 0 Å². The summed E-state index contributed by atoms with van der Waals surface area (Å²) in [6, 6.07) is 13.3. The first-order valence-electron chi connectivity index (χ1n) is 9.11. The Kier molecular flexibility index (Phi) is 8.61. The number of nitrogens with zero attached hydrogens (tertiary/aromatic N) is 1. The summed E-state index contributed by atoms with van der Waals surface area (Å²) in [4.78, 5) is 26.8. The second-order valence-electron chi connectivity index (χ2n) is 6.32. The zero-order valence-electron chi connectivity index (χ0n) is 16.0. The molecule has 0 aliphatic rings. The van der Waals surface area contributed by atoms with Gasteiger partial charge in [-0.25, -0.2) is 0 Å². The molecule has 1 atom stereocenters. The third-order valence-electron chi connectivity index (χ3n) is 4.19. The fourth-order valence-electron chi connectivity index (χ4n) is 2.55. The van der Waals surface area contributed by atoms with E-state index in [-0.39, 0.29) is 25.0 Å². The number of carbonyl (C=O) groups is 2. The van der Waals surface area contributed by atoms with Crippen LogP contribution in [0.4, 0.5) is 0 Å². The molecule has 2 rings (SSSR count). The monoisotopic (exact) mass is 422 g/mol. The first-order chi connectivity index (χ1) is 13.4. The summed E-state index contributed by atoms with van der Waals surface area (Å²) >= 11 is 12.1. The van der Waals surface area contributed by atoms with Crippen molar-refractivity contribution in [3.05, 3.63) is 64.1 Å². The SMILES string of the molecule is CCCNC(=O)[C@@H](C)N(Cc1ccccc1Cl)C(=O)COc1ccc(Cl)cc1. The van der Waals surface area contributed by atoms with Gasteiger partial charge in [0.2, 0.25) is 5.91 Å². The Bertz CT molecular complexity index is 796. The zero-order chi connectivity index (χ0) is 20.5. The molecule has 0 aromatic heterocycles. The minimum absolute atomic E-state index is 0.197. The number of benzene rings is 2. The van der Waals surface area contributed by atoms with Crippen molar-refractivity contribution in [3.8, 4) is 5.75 Å². The quantitative estimate of drug-likeness (QED) is 0.654. The Morgan fingerprint density at radius 2 is 1.79 bits per heavy atom. The van der Waals surface area contributed by atoms with Crippen LogP contribution in [0.3, 0.4) is 0 Å². The molecule has 28 heavy (non-hydrogen) atoms. The summed E-state index contributed by atoms with van der Waals surface area (Å²) in [6.45, 7) is 4.23. The number of halogens is 2. The topological polar surface area (TPSA) is 58.6 Å². The predicted octanol–water partition coefficient (Wildman–Crippen LogP) is 4.32. The molecule has 0 fully saturated rings. The molecule has 0 heterocycles. The molecule has 150 valence electrons. The first-order valence-corrected chi connectivity index (χ1v) is 9.87. The van der Waals surface area contributed by atoms with E-state index in [2.05, 4.69) is 5.32 Å². The number of carbonyl (C=O) groups excluding carboxylic acids is 2. The molecule has 2 amide bonds. The van der Waals surface area contributed by atoms with Crippen molar-refractivity contribution in [3.63, 3.8) is 0 Å². The van der Waals surface area contributed by atoms with Crippen LogP contribution in [-0.2, 0) is 16.1 Å². The van der Waals surface area contributed by atoms with Crippen LogP contribution in [0, 0.1) is 0 Å². The van der Waals surface area contributed by atoms with Gasteiger partial charge in [0.05, 0.1) is 0 Å². The van der Waals surface area contributed by atoms with Crippen molar-refractivity contribution in [1.82, 2.24) is 10.2 Å². The van der Waals surface area contributed by atoms with Crippen LogP contribution >= 0.6 is 23.2 Å². The number of hydrogen-bond acceptors (Lipinski definition) is 3. The Morgan fingerprint density at radius 3 is 2.43 bits per heavy atom. The number of amides is 2. The Labute approximate surface area is 175 Å². The van der Waals surface area contributed by atoms with Gasteiger partial charge in [-0.1, -0.05) is 48.3 Å². The highest BCUT2D eigenvalue weighted by atomic mass is 35.5. The highest BCUT2D eigenvalue weighted by Crippen LogP contribution is 2.20. The zero-order valence-corrected chi connectivity index (χ0v) is 17.5. The van der Waals surface area contributed by atoms with Crippen molar-refractivity contribution < 1.29 is 14.3 Å². The molecule has 0 unspecified atom stereocenters. The van der Waals surface area contributed by atoms with Gasteiger partial charge in [0.25, 0.3) is 5.91 Å². The van der Waals surface area contributed by atoms with Gasteiger partial charge in [-0.2, -0.15) is 0 Å². The van der Waals surface area contributed by atoms with E-state index in [1.807, 2.05) is 25.1 Å². The lowest BCUT2D eigenvalue weighted by Gasteiger charge is -2.29. The average molecular weight is 423 g/mol. The fraction of sp³-hybridized carbons (Fsp3) is 0.333. The van der Waals surface area contributed by atoms with Crippen molar-refractivity contribution in [2.24, 2.45) is 0 Å². The molecule has 0 bridgehead atoms. The van der Waals surface area contributed by atoms with E-state index in [0.29, 0.717) is 22.3 Å². The summed E-state index contributed by atoms with van der Waals surface area (Å²) in [7, 11) is 0.